The van der Waals surface area contributed by atoms with E-state index in [2.05, 4.69) is 68.8 Å². The van der Waals surface area contributed by atoms with Gasteiger partial charge in [-0.2, -0.15) is 0 Å². The maximum Gasteiger partial charge on any atom is 0.191 e. The minimum absolute atomic E-state index is 0. The number of aromatic nitrogens is 1. The molecule has 1 aromatic carbocycles. The highest BCUT2D eigenvalue weighted by Gasteiger charge is 2.19. The van der Waals surface area contributed by atoms with E-state index in [0.717, 1.165) is 51.4 Å². The van der Waals surface area contributed by atoms with Crippen molar-refractivity contribution in [1.82, 2.24) is 20.5 Å². The van der Waals surface area contributed by atoms with Gasteiger partial charge in [0.1, 0.15) is 0 Å². The molecule has 0 unspecified atom stereocenters. The zero-order valence-corrected chi connectivity index (χ0v) is 19.2. The molecule has 0 spiro atoms. The third kappa shape index (κ3) is 7.05. The van der Waals surface area contributed by atoms with Gasteiger partial charge in [-0.05, 0) is 48.9 Å². The van der Waals surface area contributed by atoms with Crippen LogP contribution in [0.3, 0.4) is 0 Å². The lowest BCUT2D eigenvalue weighted by Gasteiger charge is -2.33. The summed E-state index contributed by atoms with van der Waals surface area (Å²) in [6, 6.07) is 13.3. The lowest BCUT2D eigenvalue weighted by molar-refractivity contribution is 0.198. The third-order valence-electron chi connectivity index (χ3n) is 5.22. The molecular formula is C22H32IN5. The molecule has 0 atom stereocenters. The van der Waals surface area contributed by atoms with Crippen LogP contribution >= 0.6 is 24.0 Å². The van der Waals surface area contributed by atoms with Gasteiger partial charge in [-0.1, -0.05) is 30.3 Å². The first-order valence-electron chi connectivity index (χ1n) is 9.87. The number of piperidine rings is 1. The molecule has 28 heavy (non-hydrogen) atoms. The van der Waals surface area contributed by atoms with E-state index < -0.39 is 0 Å². The van der Waals surface area contributed by atoms with Gasteiger partial charge in [0.2, 0.25) is 0 Å². The van der Waals surface area contributed by atoms with E-state index in [1.54, 1.807) is 0 Å². The Bertz CT molecular complexity index is 727. The topological polar surface area (TPSA) is 52.6 Å². The number of halogens is 1. The fourth-order valence-electron chi connectivity index (χ4n) is 3.56. The predicted octanol–water partition coefficient (Wildman–Crippen LogP) is 3.38. The van der Waals surface area contributed by atoms with Crippen LogP contribution in [0.15, 0.2) is 53.8 Å². The SMILES string of the molecule is CN=C(NCCc1ccncc1C)NC1CCN(Cc2ccccc2)CC1.I. The number of benzene rings is 1. The van der Waals surface area contributed by atoms with Crippen LogP contribution in [-0.4, -0.2) is 48.6 Å². The molecule has 0 amide bonds. The molecule has 0 aliphatic carbocycles. The summed E-state index contributed by atoms with van der Waals surface area (Å²) < 4.78 is 0. The number of nitrogens with zero attached hydrogens (tertiary/aromatic N) is 3. The second kappa shape index (κ2) is 12.0. The van der Waals surface area contributed by atoms with Crippen LogP contribution in [-0.2, 0) is 13.0 Å². The fourth-order valence-corrected chi connectivity index (χ4v) is 3.56. The van der Waals surface area contributed by atoms with Gasteiger partial charge in [-0.3, -0.25) is 14.9 Å². The van der Waals surface area contributed by atoms with Crippen LogP contribution in [0.25, 0.3) is 0 Å². The average molecular weight is 493 g/mol. The standard InChI is InChI=1S/C22H31N5.HI/c1-18-16-24-12-8-20(18)9-13-25-22(23-2)26-21-10-14-27(15-11-21)17-19-6-4-3-5-7-19;/h3-8,12,16,21H,9-11,13-15,17H2,1-2H3,(H2,23,25,26);1H. The van der Waals surface area contributed by atoms with E-state index in [-0.39, 0.29) is 24.0 Å². The number of pyridine rings is 1. The van der Waals surface area contributed by atoms with Crippen LogP contribution in [0.1, 0.15) is 29.5 Å². The molecule has 3 rings (SSSR count). The Morgan fingerprint density at radius 1 is 1.18 bits per heavy atom. The highest BCUT2D eigenvalue weighted by molar-refractivity contribution is 14.0. The number of nitrogens with one attached hydrogen (secondary N) is 2. The molecule has 0 radical (unpaired) electrons. The molecular weight excluding hydrogens is 461 g/mol. The van der Waals surface area contributed by atoms with Gasteiger partial charge in [0.05, 0.1) is 0 Å². The second-order valence-corrected chi connectivity index (χ2v) is 7.23. The summed E-state index contributed by atoms with van der Waals surface area (Å²) in [5.41, 5.74) is 3.97. The normalized spacial score (nSPS) is 15.7. The van der Waals surface area contributed by atoms with E-state index in [1.165, 1.54) is 16.7 Å². The second-order valence-electron chi connectivity index (χ2n) is 7.23. The van der Waals surface area contributed by atoms with E-state index in [4.69, 9.17) is 0 Å². The Morgan fingerprint density at radius 2 is 1.93 bits per heavy atom. The Balaban J connectivity index is 0.00000280. The summed E-state index contributed by atoms with van der Waals surface area (Å²) in [4.78, 5) is 11.1. The lowest BCUT2D eigenvalue weighted by Crippen LogP contribution is -2.48. The van der Waals surface area contributed by atoms with E-state index in [1.807, 2.05) is 19.4 Å². The maximum atomic E-state index is 4.39. The number of aryl methyl sites for hydroxylation is 1. The molecule has 1 aromatic heterocycles. The van der Waals surface area contributed by atoms with Crippen molar-refractivity contribution in [3.05, 3.63) is 65.5 Å². The van der Waals surface area contributed by atoms with E-state index >= 15 is 0 Å². The van der Waals surface area contributed by atoms with Crippen LogP contribution in [0, 0.1) is 6.92 Å². The smallest absolute Gasteiger partial charge is 0.191 e. The first kappa shape index (κ1) is 22.6. The first-order valence-corrected chi connectivity index (χ1v) is 9.87. The van der Waals surface area contributed by atoms with Gasteiger partial charge in [-0.15, -0.1) is 24.0 Å². The summed E-state index contributed by atoms with van der Waals surface area (Å²) in [6.07, 6.45) is 7.06. The van der Waals surface area contributed by atoms with Crippen molar-refractivity contribution in [1.29, 1.82) is 0 Å². The monoisotopic (exact) mass is 493 g/mol. The maximum absolute atomic E-state index is 4.39. The van der Waals surface area contributed by atoms with Gasteiger partial charge in [0, 0.05) is 51.7 Å². The molecule has 2 N–H and O–H groups in total. The van der Waals surface area contributed by atoms with Gasteiger partial charge >= 0.3 is 0 Å². The zero-order chi connectivity index (χ0) is 18.9. The molecule has 1 aliphatic heterocycles. The number of hydrogen-bond donors (Lipinski definition) is 2. The lowest BCUT2D eigenvalue weighted by atomic mass is 10.0. The molecule has 0 bridgehead atoms. The highest BCUT2D eigenvalue weighted by Crippen LogP contribution is 2.13. The Hall–Kier alpha value is -1.67. The first-order chi connectivity index (χ1) is 13.2. The fraction of sp³-hybridized carbons (Fsp3) is 0.455. The number of guanidine groups is 1. The van der Waals surface area contributed by atoms with Crippen LogP contribution < -0.4 is 10.6 Å². The molecule has 5 nitrogen and oxygen atoms in total. The van der Waals surface area contributed by atoms with Gasteiger partial charge in [-0.25, -0.2) is 0 Å². The van der Waals surface area contributed by atoms with E-state index in [0.29, 0.717) is 6.04 Å². The summed E-state index contributed by atoms with van der Waals surface area (Å²) in [7, 11) is 1.84. The molecule has 6 heteroatoms. The van der Waals surface area contributed by atoms with Gasteiger partial charge in [0.15, 0.2) is 5.96 Å². The molecule has 2 aromatic rings. The van der Waals surface area contributed by atoms with Crippen LogP contribution in [0.2, 0.25) is 0 Å². The Labute approximate surface area is 186 Å². The van der Waals surface area contributed by atoms with Crippen molar-refractivity contribution in [2.24, 2.45) is 4.99 Å². The largest absolute Gasteiger partial charge is 0.356 e. The van der Waals surface area contributed by atoms with Crippen molar-refractivity contribution in [2.75, 3.05) is 26.7 Å². The molecule has 2 heterocycles. The van der Waals surface area contributed by atoms with Crippen LogP contribution in [0.5, 0.6) is 0 Å². The highest BCUT2D eigenvalue weighted by atomic mass is 127. The molecule has 1 aliphatic rings. The quantitative estimate of drug-likeness (QED) is 0.368. The predicted molar refractivity (Wildman–Crippen MR) is 127 cm³/mol. The summed E-state index contributed by atoms with van der Waals surface area (Å²) >= 11 is 0. The summed E-state index contributed by atoms with van der Waals surface area (Å²) in [5.74, 6) is 0.906. The van der Waals surface area contributed by atoms with Crippen molar-refractivity contribution in [3.8, 4) is 0 Å². The zero-order valence-electron chi connectivity index (χ0n) is 16.9. The summed E-state index contributed by atoms with van der Waals surface area (Å²) in [6.45, 7) is 6.28. The number of rotatable bonds is 6. The van der Waals surface area contributed by atoms with Crippen molar-refractivity contribution in [3.63, 3.8) is 0 Å². The number of likely N-dealkylation sites (tertiary alicyclic amines) is 1. The molecule has 1 fully saturated rings. The number of hydrogen-bond acceptors (Lipinski definition) is 3. The Morgan fingerprint density at radius 3 is 2.61 bits per heavy atom. The molecule has 152 valence electrons. The average Bonchev–Trinajstić information content (AvgIpc) is 2.71. The van der Waals surface area contributed by atoms with Crippen LogP contribution in [0.4, 0.5) is 0 Å². The molecule has 1 saturated heterocycles. The van der Waals surface area contributed by atoms with Gasteiger partial charge < -0.3 is 10.6 Å². The minimum Gasteiger partial charge on any atom is -0.356 e. The Kier molecular flexibility index (Phi) is 9.70. The van der Waals surface area contributed by atoms with Crippen molar-refractivity contribution < 1.29 is 0 Å². The minimum atomic E-state index is 0. The van der Waals surface area contributed by atoms with E-state index in [9.17, 15) is 0 Å². The van der Waals surface area contributed by atoms with Crippen molar-refractivity contribution in [2.45, 2.75) is 38.8 Å². The summed E-state index contributed by atoms with van der Waals surface area (Å²) in [5, 5.41) is 7.04. The molecule has 0 saturated carbocycles. The number of aliphatic imine (C=N–C) groups is 1. The van der Waals surface area contributed by atoms with Gasteiger partial charge in [0.25, 0.3) is 0 Å². The third-order valence-corrected chi connectivity index (χ3v) is 5.22. The van der Waals surface area contributed by atoms with Crippen molar-refractivity contribution >= 4 is 29.9 Å².